The van der Waals surface area contributed by atoms with Crippen molar-refractivity contribution in [3.8, 4) is 0 Å². The molecule has 0 spiro atoms. The second-order valence-electron chi connectivity index (χ2n) is 1.98. The van der Waals surface area contributed by atoms with Crippen LogP contribution in [0.15, 0.2) is 17.2 Å². The maximum atomic E-state index is 10.5. The van der Waals surface area contributed by atoms with Gasteiger partial charge in [-0.15, -0.1) is 0 Å². The second-order valence-corrected chi connectivity index (χ2v) is 1.98. The van der Waals surface area contributed by atoms with Gasteiger partial charge in [-0.25, -0.2) is 0 Å². The summed E-state index contributed by atoms with van der Waals surface area (Å²) in [6.07, 6.45) is 1.51. The van der Waals surface area contributed by atoms with E-state index in [0.29, 0.717) is 0 Å². The quantitative estimate of drug-likeness (QED) is 0.491. The first-order chi connectivity index (χ1) is 4.20. The molecule has 0 fully saturated rings. The van der Waals surface area contributed by atoms with Crippen LogP contribution in [-0.2, 0) is 7.05 Å². The first-order valence-corrected chi connectivity index (χ1v) is 2.69. The molecule has 3 nitrogen and oxygen atoms in total. The zero-order chi connectivity index (χ0) is 6.85. The number of aromatic nitrogens is 2. The fraction of sp³-hybridized carbons (Fsp3) is 0.333. The molecule has 0 aliphatic carbocycles. The topological polar surface area (TPSA) is 34.9 Å². The second kappa shape index (κ2) is 2.01. The highest BCUT2D eigenvalue weighted by molar-refractivity contribution is 4.96. The molecule has 9 heavy (non-hydrogen) atoms. The van der Waals surface area contributed by atoms with Crippen molar-refractivity contribution < 1.29 is 0 Å². The molecule has 0 aromatic carbocycles. The van der Waals surface area contributed by atoms with E-state index in [1.54, 1.807) is 4.57 Å². The fourth-order valence-electron chi connectivity index (χ4n) is 0.552. The lowest BCUT2D eigenvalue weighted by Gasteiger charge is -1.97. The first-order valence-electron chi connectivity index (χ1n) is 2.69. The molecule has 3 heteroatoms. The van der Waals surface area contributed by atoms with Crippen LogP contribution in [0.5, 0.6) is 0 Å². The third-order valence-corrected chi connectivity index (χ3v) is 1.25. The molecule has 1 aromatic heterocycles. The van der Waals surface area contributed by atoms with Gasteiger partial charge in [0.05, 0.1) is 6.33 Å². The molecule has 0 unspecified atom stereocenters. The first kappa shape index (κ1) is 6.01. The van der Waals surface area contributed by atoms with E-state index in [1.165, 1.54) is 12.4 Å². The van der Waals surface area contributed by atoms with Crippen molar-refractivity contribution in [2.24, 2.45) is 7.05 Å². The van der Waals surface area contributed by atoms with E-state index < -0.39 is 0 Å². The molecule has 0 amide bonds. The highest BCUT2D eigenvalue weighted by atomic mass is 16.1. The van der Waals surface area contributed by atoms with E-state index in [4.69, 9.17) is 0 Å². The van der Waals surface area contributed by atoms with E-state index in [1.807, 2.05) is 14.0 Å². The summed E-state index contributed by atoms with van der Waals surface area (Å²) in [6, 6.07) is 1.50. The van der Waals surface area contributed by atoms with E-state index >= 15 is 0 Å². The summed E-state index contributed by atoms with van der Waals surface area (Å²) in [6.45, 7) is 1.86. The Hall–Kier alpha value is -1.12. The van der Waals surface area contributed by atoms with E-state index in [-0.39, 0.29) is 5.56 Å². The summed E-state index contributed by atoms with van der Waals surface area (Å²) >= 11 is 0. The van der Waals surface area contributed by atoms with Crippen LogP contribution in [0.2, 0.25) is 0 Å². The van der Waals surface area contributed by atoms with Gasteiger partial charge in [0.2, 0.25) is 0 Å². The van der Waals surface area contributed by atoms with Gasteiger partial charge >= 0.3 is 0 Å². The molecule has 0 saturated carbocycles. The Kier molecular flexibility index (Phi) is 1.34. The summed E-state index contributed by atoms with van der Waals surface area (Å²) in [5.74, 6) is 0. The van der Waals surface area contributed by atoms with Crippen molar-refractivity contribution in [2.75, 3.05) is 0 Å². The average molecular weight is 124 g/mol. The van der Waals surface area contributed by atoms with Gasteiger partial charge in [0.25, 0.3) is 5.56 Å². The van der Waals surface area contributed by atoms with Crippen LogP contribution in [0.3, 0.4) is 0 Å². The average Bonchev–Trinajstić information content (AvgIpc) is 1.80. The minimum Gasteiger partial charge on any atom is -0.339 e. The summed E-state index contributed by atoms with van der Waals surface area (Å²) in [4.78, 5) is 14.1. The number of hydrogen-bond acceptors (Lipinski definition) is 2. The Labute approximate surface area is 53.0 Å². The Morgan fingerprint density at radius 3 is 2.78 bits per heavy atom. The molecule has 0 bridgehead atoms. The van der Waals surface area contributed by atoms with Crippen LogP contribution in [0.25, 0.3) is 0 Å². The van der Waals surface area contributed by atoms with Gasteiger partial charge in [0, 0.05) is 18.8 Å². The fourth-order valence-corrected chi connectivity index (χ4v) is 0.552. The van der Waals surface area contributed by atoms with Crippen molar-refractivity contribution in [1.82, 2.24) is 9.55 Å². The molecular formula is C6H8N2O. The summed E-state index contributed by atoms with van der Waals surface area (Å²) in [5.41, 5.74) is 0.751. The highest BCUT2D eigenvalue weighted by Crippen LogP contribution is 1.85. The van der Waals surface area contributed by atoms with Crippen molar-refractivity contribution in [2.45, 2.75) is 6.92 Å². The normalized spacial score (nSPS) is 9.56. The lowest BCUT2D eigenvalue weighted by Crippen LogP contribution is -2.09. The van der Waals surface area contributed by atoms with E-state index in [0.717, 1.165) is 5.69 Å². The summed E-state index contributed by atoms with van der Waals surface area (Å²) in [7, 11) is 1.85. The van der Waals surface area contributed by atoms with Crippen LogP contribution in [-0.4, -0.2) is 9.55 Å². The maximum absolute atomic E-state index is 10.5. The van der Waals surface area contributed by atoms with Crippen LogP contribution < -0.4 is 5.56 Å². The highest BCUT2D eigenvalue weighted by Gasteiger charge is 1.87. The molecular weight excluding hydrogens is 116 g/mol. The number of hydrogen-bond donors (Lipinski definition) is 0. The molecule has 0 N–H and O–H groups in total. The summed E-state index contributed by atoms with van der Waals surface area (Å²) < 4.78 is 1.79. The van der Waals surface area contributed by atoms with Crippen molar-refractivity contribution in [3.63, 3.8) is 0 Å². The van der Waals surface area contributed by atoms with E-state index in [9.17, 15) is 4.79 Å². The molecule has 1 heterocycles. The molecule has 0 aliphatic rings. The Bertz CT molecular complexity index is 264. The molecule has 0 saturated heterocycles. The largest absolute Gasteiger partial charge is 0.339 e. The lowest BCUT2D eigenvalue weighted by molar-refractivity contribution is 0.812. The van der Waals surface area contributed by atoms with E-state index in [2.05, 4.69) is 4.98 Å². The maximum Gasteiger partial charge on any atom is 0.272 e. The predicted molar refractivity (Wildman–Crippen MR) is 34.2 cm³/mol. The Morgan fingerprint density at radius 2 is 2.33 bits per heavy atom. The summed E-state index contributed by atoms with van der Waals surface area (Å²) in [5, 5.41) is 0. The number of rotatable bonds is 0. The van der Waals surface area contributed by atoms with Gasteiger partial charge < -0.3 is 4.57 Å². The molecule has 48 valence electrons. The van der Waals surface area contributed by atoms with Crippen molar-refractivity contribution >= 4 is 0 Å². The Balaban J connectivity index is 3.34. The SMILES string of the molecule is Cc1cc(=O)ncn1C. The number of aryl methyl sites for hydroxylation is 2. The smallest absolute Gasteiger partial charge is 0.272 e. The van der Waals surface area contributed by atoms with Crippen LogP contribution >= 0.6 is 0 Å². The van der Waals surface area contributed by atoms with Gasteiger partial charge in [-0.05, 0) is 6.92 Å². The molecule has 0 aliphatic heterocycles. The standard InChI is InChI=1S/C6H8N2O/c1-5-3-6(9)7-4-8(5)2/h3-4H,1-2H3. The van der Waals surface area contributed by atoms with Gasteiger partial charge in [-0.2, -0.15) is 4.98 Å². The molecule has 0 radical (unpaired) electrons. The predicted octanol–water partition coefficient (Wildman–Crippen LogP) is 0.0887. The van der Waals surface area contributed by atoms with Gasteiger partial charge in [0.1, 0.15) is 0 Å². The van der Waals surface area contributed by atoms with Crippen molar-refractivity contribution in [3.05, 3.63) is 28.4 Å². The molecule has 0 atom stereocenters. The van der Waals surface area contributed by atoms with Crippen LogP contribution in [0.1, 0.15) is 5.69 Å². The minimum atomic E-state index is -0.175. The van der Waals surface area contributed by atoms with Crippen LogP contribution in [0, 0.1) is 6.92 Å². The molecule has 1 aromatic rings. The van der Waals surface area contributed by atoms with Gasteiger partial charge in [-0.3, -0.25) is 4.79 Å². The third-order valence-electron chi connectivity index (χ3n) is 1.25. The Morgan fingerprint density at radius 1 is 1.67 bits per heavy atom. The van der Waals surface area contributed by atoms with Gasteiger partial charge in [-0.1, -0.05) is 0 Å². The van der Waals surface area contributed by atoms with Gasteiger partial charge in [0.15, 0.2) is 0 Å². The zero-order valence-electron chi connectivity index (χ0n) is 5.46. The zero-order valence-corrected chi connectivity index (χ0v) is 5.46. The van der Waals surface area contributed by atoms with Crippen molar-refractivity contribution in [1.29, 1.82) is 0 Å². The minimum absolute atomic E-state index is 0.175. The van der Waals surface area contributed by atoms with Crippen LogP contribution in [0.4, 0.5) is 0 Å². The third kappa shape index (κ3) is 1.16. The number of nitrogens with zero attached hydrogens (tertiary/aromatic N) is 2. The molecule has 1 rings (SSSR count). The monoisotopic (exact) mass is 124 g/mol. The lowest BCUT2D eigenvalue weighted by atomic mass is 10.4.